The van der Waals surface area contributed by atoms with E-state index in [2.05, 4.69) is 0 Å². The molecule has 0 aliphatic carbocycles. The molecule has 17 heavy (non-hydrogen) atoms. The summed E-state index contributed by atoms with van der Waals surface area (Å²) in [6.07, 6.45) is 0.890. The first kappa shape index (κ1) is 13.5. The lowest BCUT2D eigenvalue weighted by atomic mass is 10.1. The predicted molar refractivity (Wildman–Crippen MR) is 62.5 cm³/mol. The topological polar surface area (TPSA) is 35.5 Å². The van der Waals surface area contributed by atoms with E-state index in [1.807, 2.05) is 6.92 Å². The summed E-state index contributed by atoms with van der Waals surface area (Å²) >= 11 is 0. The molecular weight excluding hydrogens is 223 g/mol. The lowest BCUT2D eigenvalue weighted by Crippen LogP contribution is -2.09. The van der Waals surface area contributed by atoms with Crippen LogP contribution in [0.15, 0.2) is 18.2 Å². The van der Waals surface area contributed by atoms with Gasteiger partial charge < -0.3 is 9.47 Å². The molecule has 0 unspecified atom stereocenters. The molecule has 0 N–H and O–H groups in total. The van der Waals surface area contributed by atoms with E-state index >= 15 is 0 Å². The van der Waals surface area contributed by atoms with Crippen molar-refractivity contribution in [2.75, 3.05) is 13.2 Å². The van der Waals surface area contributed by atoms with E-state index < -0.39 is 0 Å². The molecule has 0 heterocycles. The Kier molecular flexibility index (Phi) is 5.46. The van der Waals surface area contributed by atoms with Crippen molar-refractivity contribution in [1.82, 2.24) is 0 Å². The van der Waals surface area contributed by atoms with Gasteiger partial charge in [-0.3, -0.25) is 4.79 Å². The van der Waals surface area contributed by atoms with E-state index in [9.17, 15) is 9.18 Å². The van der Waals surface area contributed by atoms with Gasteiger partial charge >= 0.3 is 5.97 Å². The average molecular weight is 240 g/mol. The van der Waals surface area contributed by atoms with Crippen LogP contribution in [-0.2, 0) is 16.0 Å². The second-order valence-electron chi connectivity index (χ2n) is 3.58. The lowest BCUT2D eigenvalue weighted by molar-refractivity contribution is -0.142. The van der Waals surface area contributed by atoms with Crippen LogP contribution in [0.5, 0.6) is 5.75 Å². The van der Waals surface area contributed by atoms with Gasteiger partial charge in [-0.1, -0.05) is 6.92 Å². The highest BCUT2D eigenvalue weighted by atomic mass is 19.1. The number of hydrogen-bond donors (Lipinski definition) is 0. The molecule has 0 saturated heterocycles. The van der Waals surface area contributed by atoms with Gasteiger partial charge in [-0.25, -0.2) is 4.39 Å². The molecule has 0 fully saturated rings. The van der Waals surface area contributed by atoms with Gasteiger partial charge in [0.2, 0.25) is 0 Å². The molecule has 0 saturated carbocycles. The minimum Gasteiger partial charge on any atom is -0.493 e. The molecule has 1 rings (SSSR count). The summed E-state index contributed by atoms with van der Waals surface area (Å²) in [4.78, 5) is 11.3. The first-order chi connectivity index (χ1) is 8.17. The van der Waals surface area contributed by atoms with Gasteiger partial charge in [-0.2, -0.15) is 0 Å². The summed E-state index contributed by atoms with van der Waals surface area (Å²) < 4.78 is 23.4. The molecule has 94 valence electrons. The van der Waals surface area contributed by atoms with Crippen molar-refractivity contribution < 1.29 is 18.7 Å². The van der Waals surface area contributed by atoms with Crippen LogP contribution < -0.4 is 4.74 Å². The van der Waals surface area contributed by atoms with E-state index in [0.29, 0.717) is 24.5 Å². The monoisotopic (exact) mass is 240 g/mol. The summed E-state index contributed by atoms with van der Waals surface area (Å²) in [5, 5.41) is 0. The molecule has 0 aliphatic rings. The van der Waals surface area contributed by atoms with E-state index in [-0.39, 0.29) is 18.2 Å². The second-order valence-corrected chi connectivity index (χ2v) is 3.58. The number of hydrogen-bond acceptors (Lipinski definition) is 3. The molecule has 4 heteroatoms. The zero-order valence-corrected chi connectivity index (χ0v) is 10.2. The van der Waals surface area contributed by atoms with Crippen LogP contribution in [0.1, 0.15) is 25.8 Å². The Morgan fingerprint density at radius 3 is 2.76 bits per heavy atom. The van der Waals surface area contributed by atoms with Crippen LogP contribution in [0.25, 0.3) is 0 Å². The van der Waals surface area contributed by atoms with E-state index in [4.69, 9.17) is 9.47 Å². The van der Waals surface area contributed by atoms with Gasteiger partial charge in [-0.15, -0.1) is 0 Å². The normalized spacial score (nSPS) is 10.1. The highest BCUT2D eigenvalue weighted by Gasteiger charge is 2.11. The molecule has 0 atom stereocenters. The number of carbonyl (C=O) groups excluding carboxylic acids is 1. The molecular formula is C13H17FO3. The maximum Gasteiger partial charge on any atom is 0.310 e. The minimum absolute atomic E-state index is 0.0324. The SMILES string of the molecule is CCCOc1ccc(F)cc1CC(=O)OCC. The molecule has 0 radical (unpaired) electrons. The Morgan fingerprint density at radius 1 is 1.35 bits per heavy atom. The Balaban J connectivity index is 2.79. The maximum atomic E-state index is 13.1. The number of halogens is 1. The number of carbonyl (C=O) groups is 1. The summed E-state index contributed by atoms with van der Waals surface area (Å²) in [6, 6.07) is 4.17. The van der Waals surface area contributed by atoms with Crippen molar-refractivity contribution in [1.29, 1.82) is 0 Å². The number of ether oxygens (including phenoxy) is 2. The fourth-order valence-corrected chi connectivity index (χ4v) is 1.41. The third kappa shape index (κ3) is 4.43. The largest absolute Gasteiger partial charge is 0.493 e. The van der Waals surface area contributed by atoms with Crippen LogP contribution in [0.4, 0.5) is 4.39 Å². The summed E-state index contributed by atoms with van der Waals surface area (Å²) in [5.41, 5.74) is 0.525. The van der Waals surface area contributed by atoms with Gasteiger partial charge in [0.1, 0.15) is 11.6 Å². The zero-order valence-electron chi connectivity index (χ0n) is 10.2. The fraction of sp³-hybridized carbons (Fsp3) is 0.462. The summed E-state index contributed by atoms with van der Waals surface area (Å²) in [7, 11) is 0. The highest BCUT2D eigenvalue weighted by molar-refractivity contribution is 5.73. The Morgan fingerprint density at radius 2 is 2.12 bits per heavy atom. The summed E-state index contributed by atoms with van der Waals surface area (Å²) in [6.45, 7) is 4.58. The van der Waals surface area contributed by atoms with Crippen LogP contribution in [0, 0.1) is 5.82 Å². The third-order valence-electron chi connectivity index (χ3n) is 2.12. The van der Waals surface area contributed by atoms with Crippen LogP contribution in [0.2, 0.25) is 0 Å². The van der Waals surface area contributed by atoms with Crippen molar-refractivity contribution in [2.45, 2.75) is 26.7 Å². The molecule has 1 aromatic carbocycles. The molecule has 0 amide bonds. The van der Waals surface area contributed by atoms with Gasteiger partial charge in [0, 0.05) is 5.56 Å². The van der Waals surface area contributed by atoms with Crippen LogP contribution in [-0.4, -0.2) is 19.2 Å². The van der Waals surface area contributed by atoms with Crippen molar-refractivity contribution >= 4 is 5.97 Å². The van der Waals surface area contributed by atoms with Gasteiger partial charge in [0.15, 0.2) is 0 Å². The number of rotatable bonds is 6. The molecule has 0 aromatic heterocycles. The van der Waals surface area contributed by atoms with Crippen molar-refractivity contribution in [3.8, 4) is 5.75 Å². The Labute approximate surface area is 101 Å². The quantitative estimate of drug-likeness (QED) is 0.717. The van der Waals surface area contributed by atoms with Gasteiger partial charge in [0.25, 0.3) is 0 Å². The zero-order chi connectivity index (χ0) is 12.7. The van der Waals surface area contributed by atoms with E-state index in [1.54, 1.807) is 13.0 Å². The van der Waals surface area contributed by atoms with Crippen molar-refractivity contribution in [3.05, 3.63) is 29.6 Å². The number of esters is 1. The maximum absolute atomic E-state index is 13.1. The van der Waals surface area contributed by atoms with Crippen molar-refractivity contribution in [2.24, 2.45) is 0 Å². The lowest BCUT2D eigenvalue weighted by Gasteiger charge is -2.10. The summed E-state index contributed by atoms with van der Waals surface area (Å²) in [5.74, 6) is -0.214. The molecule has 0 bridgehead atoms. The Hall–Kier alpha value is -1.58. The van der Waals surface area contributed by atoms with Crippen LogP contribution >= 0.6 is 0 Å². The second kappa shape index (κ2) is 6.89. The third-order valence-corrected chi connectivity index (χ3v) is 2.12. The number of benzene rings is 1. The minimum atomic E-state index is -0.381. The fourth-order valence-electron chi connectivity index (χ4n) is 1.41. The molecule has 3 nitrogen and oxygen atoms in total. The first-order valence-electron chi connectivity index (χ1n) is 5.74. The van der Waals surface area contributed by atoms with Crippen molar-refractivity contribution in [3.63, 3.8) is 0 Å². The highest BCUT2D eigenvalue weighted by Crippen LogP contribution is 2.21. The molecule has 1 aromatic rings. The standard InChI is InChI=1S/C13H17FO3/c1-3-7-17-12-6-5-11(14)8-10(12)9-13(15)16-4-2/h5-6,8H,3-4,7,9H2,1-2H3. The van der Waals surface area contributed by atoms with E-state index in [0.717, 1.165) is 6.42 Å². The first-order valence-corrected chi connectivity index (χ1v) is 5.74. The van der Waals surface area contributed by atoms with Gasteiger partial charge in [0.05, 0.1) is 19.6 Å². The van der Waals surface area contributed by atoms with Gasteiger partial charge in [-0.05, 0) is 31.5 Å². The molecule has 0 aliphatic heterocycles. The molecule has 0 spiro atoms. The Bertz CT molecular complexity index is 377. The van der Waals surface area contributed by atoms with E-state index in [1.165, 1.54) is 12.1 Å². The smallest absolute Gasteiger partial charge is 0.310 e. The average Bonchev–Trinajstić information content (AvgIpc) is 2.28. The predicted octanol–water partition coefficient (Wildman–Crippen LogP) is 2.72. The van der Waals surface area contributed by atoms with Crippen LogP contribution in [0.3, 0.4) is 0 Å².